The Kier molecular flexibility index (Phi) is 4.98. The summed E-state index contributed by atoms with van der Waals surface area (Å²) in [5.74, 6) is 0.131. The molecular formula is C10H19N3O2S. The lowest BCUT2D eigenvalue weighted by Gasteiger charge is -2.05. The van der Waals surface area contributed by atoms with Crippen molar-refractivity contribution in [3.8, 4) is 0 Å². The molecule has 1 rings (SSSR count). The molecule has 0 amide bonds. The first-order chi connectivity index (χ1) is 7.53. The molecule has 2 N–H and O–H groups in total. The van der Waals surface area contributed by atoms with Gasteiger partial charge in [-0.3, -0.25) is 0 Å². The molecule has 0 aliphatic carbocycles. The Labute approximate surface area is 96.9 Å². The number of hydrogen-bond acceptors (Lipinski definition) is 3. The molecule has 0 aliphatic heterocycles. The Morgan fingerprint density at radius 1 is 1.38 bits per heavy atom. The average molecular weight is 245 g/mol. The monoisotopic (exact) mass is 245 g/mol. The molecule has 1 aromatic rings. The van der Waals surface area contributed by atoms with Gasteiger partial charge in [0.05, 0.1) is 5.75 Å². The lowest BCUT2D eigenvalue weighted by molar-refractivity contribution is 0.577. The molecule has 16 heavy (non-hydrogen) atoms. The summed E-state index contributed by atoms with van der Waals surface area (Å²) in [6.45, 7) is 3.45. The van der Waals surface area contributed by atoms with Crippen LogP contribution in [0.1, 0.15) is 12.5 Å². The summed E-state index contributed by atoms with van der Waals surface area (Å²) in [5.41, 5.74) is 1.20. The van der Waals surface area contributed by atoms with Crippen LogP contribution in [0, 0.1) is 0 Å². The standard InChI is InChI=1S/C10H19N3O2S/c1-3-16(14,15)12-6-5-11-8-10-4-7-13(2)9-10/h4,7,9,11-12H,3,5-6,8H2,1-2H3. The van der Waals surface area contributed by atoms with E-state index in [9.17, 15) is 8.42 Å². The lowest BCUT2D eigenvalue weighted by atomic mass is 10.3. The van der Waals surface area contributed by atoms with E-state index in [2.05, 4.69) is 10.0 Å². The zero-order valence-electron chi connectivity index (χ0n) is 9.73. The van der Waals surface area contributed by atoms with Gasteiger partial charge in [-0.15, -0.1) is 0 Å². The van der Waals surface area contributed by atoms with Gasteiger partial charge in [0, 0.05) is 39.1 Å². The summed E-state index contributed by atoms with van der Waals surface area (Å²) in [6, 6.07) is 2.03. The predicted molar refractivity (Wildman–Crippen MR) is 64.6 cm³/mol. The third-order valence-corrected chi connectivity index (χ3v) is 3.63. The van der Waals surface area contributed by atoms with Crippen molar-refractivity contribution in [2.75, 3.05) is 18.8 Å². The van der Waals surface area contributed by atoms with Crippen molar-refractivity contribution in [3.63, 3.8) is 0 Å². The molecule has 5 nitrogen and oxygen atoms in total. The van der Waals surface area contributed by atoms with Gasteiger partial charge in [-0.05, 0) is 18.6 Å². The number of nitrogens with zero attached hydrogens (tertiary/aromatic N) is 1. The van der Waals surface area contributed by atoms with Crippen LogP contribution in [0.4, 0.5) is 0 Å². The van der Waals surface area contributed by atoms with E-state index in [0.29, 0.717) is 13.1 Å². The van der Waals surface area contributed by atoms with Gasteiger partial charge in [0.25, 0.3) is 0 Å². The van der Waals surface area contributed by atoms with Gasteiger partial charge in [-0.1, -0.05) is 0 Å². The second kappa shape index (κ2) is 6.03. The van der Waals surface area contributed by atoms with Gasteiger partial charge in [-0.25, -0.2) is 13.1 Å². The van der Waals surface area contributed by atoms with Crippen molar-refractivity contribution < 1.29 is 8.42 Å². The van der Waals surface area contributed by atoms with Crippen LogP contribution in [0.15, 0.2) is 18.5 Å². The number of aryl methyl sites for hydroxylation is 1. The van der Waals surface area contributed by atoms with Crippen molar-refractivity contribution in [1.82, 2.24) is 14.6 Å². The molecule has 0 saturated carbocycles. The van der Waals surface area contributed by atoms with E-state index in [-0.39, 0.29) is 5.75 Å². The second-order valence-corrected chi connectivity index (χ2v) is 5.76. The fourth-order valence-corrected chi connectivity index (χ4v) is 1.91. The molecule has 0 atom stereocenters. The number of aromatic nitrogens is 1. The van der Waals surface area contributed by atoms with Crippen LogP contribution in [0.2, 0.25) is 0 Å². The van der Waals surface area contributed by atoms with Crippen molar-refractivity contribution in [2.45, 2.75) is 13.5 Å². The smallest absolute Gasteiger partial charge is 0.211 e. The van der Waals surface area contributed by atoms with E-state index in [4.69, 9.17) is 0 Å². The molecule has 0 saturated heterocycles. The van der Waals surface area contributed by atoms with E-state index < -0.39 is 10.0 Å². The highest BCUT2D eigenvalue weighted by atomic mass is 32.2. The maximum Gasteiger partial charge on any atom is 0.211 e. The van der Waals surface area contributed by atoms with Crippen LogP contribution in [0.25, 0.3) is 0 Å². The molecule has 0 radical (unpaired) electrons. The Balaban J connectivity index is 2.13. The highest BCUT2D eigenvalue weighted by molar-refractivity contribution is 7.89. The van der Waals surface area contributed by atoms with Crippen LogP contribution in [-0.2, 0) is 23.6 Å². The third-order valence-electron chi connectivity index (χ3n) is 2.23. The number of hydrogen-bond donors (Lipinski definition) is 2. The molecule has 0 fully saturated rings. The largest absolute Gasteiger partial charge is 0.357 e. The summed E-state index contributed by atoms with van der Waals surface area (Å²) in [5, 5.41) is 3.17. The van der Waals surface area contributed by atoms with E-state index in [1.165, 1.54) is 5.56 Å². The molecule has 0 bridgehead atoms. The van der Waals surface area contributed by atoms with Crippen molar-refractivity contribution in [1.29, 1.82) is 0 Å². The first-order valence-electron chi connectivity index (χ1n) is 5.32. The fourth-order valence-electron chi connectivity index (χ4n) is 1.30. The van der Waals surface area contributed by atoms with Gasteiger partial charge < -0.3 is 9.88 Å². The highest BCUT2D eigenvalue weighted by Crippen LogP contribution is 1.97. The summed E-state index contributed by atoms with van der Waals surface area (Å²) < 4.78 is 26.7. The quantitative estimate of drug-likeness (QED) is 0.667. The van der Waals surface area contributed by atoms with Crippen molar-refractivity contribution in [2.24, 2.45) is 7.05 Å². The SMILES string of the molecule is CCS(=O)(=O)NCCNCc1ccn(C)c1. The predicted octanol–water partition coefficient (Wildman–Crippen LogP) is 0.0540. The maximum absolute atomic E-state index is 11.1. The molecule has 0 aromatic carbocycles. The summed E-state index contributed by atoms with van der Waals surface area (Å²) >= 11 is 0. The van der Waals surface area contributed by atoms with E-state index in [1.807, 2.05) is 30.1 Å². The van der Waals surface area contributed by atoms with Gasteiger partial charge >= 0.3 is 0 Å². The van der Waals surface area contributed by atoms with E-state index in [0.717, 1.165) is 6.54 Å². The first-order valence-corrected chi connectivity index (χ1v) is 6.97. The van der Waals surface area contributed by atoms with Crippen molar-refractivity contribution >= 4 is 10.0 Å². The van der Waals surface area contributed by atoms with Gasteiger partial charge in [0.1, 0.15) is 0 Å². The van der Waals surface area contributed by atoms with Crippen LogP contribution in [0.3, 0.4) is 0 Å². The van der Waals surface area contributed by atoms with Crippen LogP contribution < -0.4 is 10.0 Å². The minimum absolute atomic E-state index is 0.131. The molecule has 0 spiro atoms. The molecule has 1 heterocycles. The molecule has 6 heteroatoms. The van der Waals surface area contributed by atoms with Crippen LogP contribution in [0.5, 0.6) is 0 Å². The molecule has 92 valence electrons. The van der Waals surface area contributed by atoms with Gasteiger partial charge in [0.2, 0.25) is 10.0 Å². The first kappa shape index (κ1) is 13.2. The highest BCUT2D eigenvalue weighted by Gasteiger charge is 2.03. The molecule has 0 unspecified atom stereocenters. The summed E-state index contributed by atoms with van der Waals surface area (Å²) in [4.78, 5) is 0. The van der Waals surface area contributed by atoms with Gasteiger partial charge in [0.15, 0.2) is 0 Å². The minimum atomic E-state index is -3.05. The lowest BCUT2D eigenvalue weighted by Crippen LogP contribution is -2.32. The number of sulfonamides is 1. The normalized spacial score (nSPS) is 11.9. The number of rotatable bonds is 7. The van der Waals surface area contributed by atoms with Gasteiger partial charge in [-0.2, -0.15) is 0 Å². The zero-order chi connectivity index (χ0) is 12.0. The Morgan fingerprint density at radius 2 is 2.12 bits per heavy atom. The Bertz CT molecular complexity index is 411. The average Bonchev–Trinajstić information content (AvgIpc) is 2.64. The third kappa shape index (κ3) is 4.78. The van der Waals surface area contributed by atoms with Crippen LogP contribution in [-0.4, -0.2) is 31.8 Å². The summed E-state index contributed by atoms with van der Waals surface area (Å²) in [6.07, 6.45) is 4.01. The van der Waals surface area contributed by atoms with Crippen LogP contribution >= 0.6 is 0 Å². The minimum Gasteiger partial charge on any atom is -0.357 e. The second-order valence-electron chi connectivity index (χ2n) is 3.66. The summed E-state index contributed by atoms with van der Waals surface area (Å²) in [7, 11) is -1.08. The van der Waals surface area contributed by atoms with E-state index in [1.54, 1.807) is 6.92 Å². The van der Waals surface area contributed by atoms with E-state index >= 15 is 0 Å². The topological polar surface area (TPSA) is 63.1 Å². The Hall–Kier alpha value is -0.850. The molecule has 0 aliphatic rings. The molecular weight excluding hydrogens is 226 g/mol. The number of nitrogens with one attached hydrogen (secondary N) is 2. The van der Waals surface area contributed by atoms with Crippen molar-refractivity contribution in [3.05, 3.63) is 24.0 Å². The zero-order valence-corrected chi connectivity index (χ0v) is 10.5. The maximum atomic E-state index is 11.1. The molecule has 1 aromatic heterocycles. The fraction of sp³-hybridized carbons (Fsp3) is 0.600. The Morgan fingerprint density at radius 3 is 2.69 bits per heavy atom.